The minimum atomic E-state index is -0.561. The Morgan fingerprint density at radius 3 is 2.44 bits per heavy atom. The zero-order chi connectivity index (χ0) is 13.8. The average Bonchev–Trinajstić information content (AvgIpc) is 2.25. The Balaban J connectivity index is 2.87. The minimum Gasteiger partial charge on any atom is -0.490 e. The molecule has 0 aromatic carbocycles. The van der Waals surface area contributed by atoms with Crippen LogP contribution in [0.25, 0.3) is 0 Å². The van der Waals surface area contributed by atoms with Crippen LogP contribution in [0.4, 0.5) is 10.5 Å². The third-order valence-electron chi connectivity index (χ3n) is 1.90. The molecule has 1 amide bonds. The van der Waals surface area contributed by atoms with Crippen molar-refractivity contribution in [2.75, 3.05) is 19.5 Å². The molecule has 0 aliphatic rings. The van der Waals surface area contributed by atoms with Crippen molar-refractivity contribution >= 4 is 11.8 Å². The van der Waals surface area contributed by atoms with E-state index in [2.05, 4.69) is 10.3 Å². The summed E-state index contributed by atoms with van der Waals surface area (Å²) in [6.45, 7) is 5.37. The van der Waals surface area contributed by atoms with Gasteiger partial charge < -0.3 is 14.2 Å². The minimum absolute atomic E-state index is 0.297. The van der Waals surface area contributed by atoms with Crippen molar-refractivity contribution in [3.05, 3.63) is 12.3 Å². The molecule has 100 valence electrons. The highest BCUT2D eigenvalue weighted by Crippen LogP contribution is 2.32. The number of aromatic nitrogens is 1. The fourth-order valence-electron chi connectivity index (χ4n) is 1.28. The zero-order valence-electron chi connectivity index (χ0n) is 11.2. The Morgan fingerprint density at radius 2 is 1.94 bits per heavy atom. The summed E-state index contributed by atoms with van der Waals surface area (Å²) >= 11 is 0. The first-order valence-corrected chi connectivity index (χ1v) is 5.44. The first kappa shape index (κ1) is 14.1. The molecule has 0 aliphatic carbocycles. The Labute approximate surface area is 106 Å². The van der Waals surface area contributed by atoms with Gasteiger partial charge in [-0.05, 0) is 26.8 Å². The van der Waals surface area contributed by atoms with Crippen molar-refractivity contribution in [2.24, 2.45) is 0 Å². The highest BCUT2D eigenvalue weighted by Gasteiger charge is 2.19. The Bertz CT molecular complexity index is 427. The molecular formula is C12H18N2O4. The topological polar surface area (TPSA) is 69.7 Å². The van der Waals surface area contributed by atoms with Crippen molar-refractivity contribution in [2.45, 2.75) is 26.4 Å². The first-order chi connectivity index (χ1) is 8.37. The van der Waals surface area contributed by atoms with Crippen LogP contribution in [0, 0.1) is 0 Å². The predicted octanol–water partition coefficient (Wildman–Crippen LogP) is 2.45. The van der Waals surface area contributed by atoms with E-state index >= 15 is 0 Å². The lowest BCUT2D eigenvalue weighted by Crippen LogP contribution is -2.27. The number of amides is 1. The van der Waals surface area contributed by atoms with E-state index in [9.17, 15) is 4.79 Å². The van der Waals surface area contributed by atoms with Crippen molar-refractivity contribution < 1.29 is 19.0 Å². The van der Waals surface area contributed by atoms with Crippen LogP contribution >= 0.6 is 0 Å². The van der Waals surface area contributed by atoms with Gasteiger partial charge in [0.2, 0.25) is 5.75 Å². The molecule has 1 aromatic rings. The number of carbonyl (C=O) groups excluding carboxylic acids is 1. The van der Waals surface area contributed by atoms with Gasteiger partial charge in [0.15, 0.2) is 0 Å². The van der Waals surface area contributed by atoms with Crippen molar-refractivity contribution in [1.82, 2.24) is 4.98 Å². The summed E-state index contributed by atoms with van der Waals surface area (Å²) in [6, 6.07) is 1.60. The Hall–Kier alpha value is -1.98. The largest absolute Gasteiger partial charge is 0.490 e. The summed E-state index contributed by atoms with van der Waals surface area (Å²) in [4.78, 5) is 15.6. The van der Waals surface area contributed by atoms with Crippen LogP contribution in [0.5, 0.6) is 11.6 Å². The molecule has 18 heavy (non-hydrogen) atoms. The van der Waals surface area contributed by atoms with E-state index in [1.807, 2.05) is 0 Å². The van der Waals surface area contributed by atoms with E-state index in [0.29, 0.717) is 17.3 Å². The van der Waals surface area contributed by atoms with Gasteiger partial charge in [-0.2, -0.15) is 0 Å². The van der Waals surface area contributed by atoms with Gasteiger partial charge in [-0.15, -0.1) is 0 Å². The van der Waals surface area contributed by atoms with Gasteiger partial charge in [0, 0.05) is 6.20 Å². The first-order valence-electron chi connectivity index (χ1n) is 5.44. The van der Waals surface area contributed by atoms with E-state index in [0.717, 1.165) is 0 Å². The number of carbonyl (C=O) groups is 1. The van der Waals surface area contributed by atoms with Gasteiger partial charge in [0.1, 0.15) is 5.60 Å². The van der Waals surface area contributed by atoms with Gasteiger partial charge in [-0.3, -0.25) is 5.32 Å². The molecule has 1 heterocycles. The molecule has 1 aromatic heterocycles. The summed E-state index contributed by atoms with van der Waals surface area (Å²) in [5.41, 5.74) is -0.118. The molecule has 0 unspecified atom stereocenters. The number of methoxy groups -OCH3 is 2. The predicted molar refractivity (Wildman–Crippen MR) is 67.2 cm³/mol. The molecule has 1 N–H and O–H groups in total. The van der Waals surface area contributed by atoms with Crippen molar-refractivity contribution in [3.8, 4) is 11.6 Å². The van der Waals surface area contributed by atoms with Crippen LogP contribution in [-0.4, -0.2) is 30.9 Å². The molecule has 0 spiro atoms. The average molecular weight is 254 g/mol. The number of nitrogens with zero attached hydrogens (tertiary/aromatic N) is 1. The number of hydrogen-bond donors (Lipinski definition) is 1. The van der Waals surface area contributed by atoms with Crippen molar-refractivity contribution in [3.63, 3.8) is 0 Å². The smallest absolute Gasteiger partial charge is 0.412 e. The van der Waals surface area contributed by atoms with Crippen LogP contribution in [0.3, 0.4) is 0 Å². The van der Waals surface area contributed by atoms with E-state index < -0.39 is 11.7 Å². The molecule has 0 saturated heterocycles. The van der Waals surface area contributed by atoms with Crippen LogP contribution in [0.1, 0.15) is 20.8 Å². The zero-order valence-corrected chi connectivity index (χ0v) is 11.2. The molecule has 1 rings (SSSR count). The van der Waals surface area contributed by atoms with Gasteiger partial charge in [-0.25, -0.2) is 9.78 Å². The van der Waals surface area contributed by atoms with E-state index in [1.165, 1.54) is 20.4 Å². The maximum atomic E-state index is 11.6. The normalized spacial score (nSPS) is 10.7. The summed E-state index contributed by atoms with van der Waals surface area (Å²) < 4.78 is 15.3. The van der Waals surface area contributed by atoms with E-state index in [-0.39, 0.29) is 0 Å². The number of pyridine rings is 1. The Kier molecular flexibility index (Phi) is 4.36. The number of anilines is 1. The van der Waals surface area contributed by atoms with Crippen LogP contribution in [0.2, 0.25) is 0 Å². The molecule has 0 bridgehead atoms. The lowest BCUT2D eigenvalue weighted by atomic mass is 10.2. The SMILES string of the molecule is COc1nccc(NC(=O)OC(C)(C)C)c1OC. The molecule has 0 aliphatic heterocycles. The standard InChI is InChI=1S/C12H18N2O4/c1-12(2,3)18-11(15)14-8-6-7-13-10(17-5)9(8)16-4/h6-7H,1-5H3,(H,13,14,15). The number of hydrogen-bond acceptors (Lipinski definition) is 5. The fraction of sp³-hybridized carbons (Fsp3) is 0.500. The second kappa shape index (κ2) is 5.57. The van der Waals surface area contributed by atoms with Crippen LogP contribution in [0.15, 0.2) is 12.3 Å². The highest BCUT2D eigenvalue weighted by molar-refractivity contribution is 5.87. The summed E-state index contributed by atoms with van der Waals surface area (Å²) in [6.07, 6.45) is 0.947. The molecule has 6 nitrogen and oxygen atoms in total. The molecule has 0 saturated carbocycles. The van der Waals surface area contributed by atoms with Gasteiger partial charge in [0.05, 0.1) is 19.9 Å². The number of nitrogens with one attached hydrogen (secondary N) is 1. The maximum Gasteiger partial charge on any atom is 0.412 e. The molecule has 0 radical (unpaired) electrons. The van der Waals surface area contributed by atoms with Crippen molar-refractivity contribution in [1.29, 1.82) is 0 Å². The monoisotopic (exact) mass is 254 g/mol. The summed E-state index contributed by atoms with van der Waals surface area (Å²) in [5.74, 6) is 0.650. The number of rotatable bonds is 3. The lowest BCUT2D eigenvalue weighted by molar-refractivity contribution is 0.0635. The molecular weight excluding hydrogens is 236 g/mol. The number of ether oxygens (including phenoxy) is 3. The van der Waals surface area contributed by atoms with Gasteiger partial charge in [0.25, 0.3) is 5.88 Å². The quantitative estimate of drug-likeness (QED) is 0.897. The summed E-state index contributed by atoms with van der Waals surface area (Å²) in [5, 5.41) is 2.59. The second-order valence-electron chi connectivity index (χ2n) is 4.53. The lowest BCUT2D eigenvalue weighted by Gasteiger charge is -2.20. The van der Waals surface area contributed by atoms with Crippen LogP contribution in [-0.2, 0) is 4.74 Å². The van der Waals surface area contributed by atoms with Crippen LogP contribution < -0.4 is 14.8 Å². The maximum absolute atomic E-state index is 11.6. The molecule has 0 fully saturated rings. The fourth-order valence-corrected chi connectivity index (χ4v) is 1.28. The third-order valence-corrected chi connectivity index (χ3v) is 1.90. The van der Waals surface area contributed by atoms with E-state index in [1.54, 1.807) is 26.8 Å². The Morgan fingerprint density at radius 1 is 1.28 bits per heavy atom. The van der Waals surface area contributed by atoms with Gasteiger partial charge in [-0.1, -0.05) is 0 Å². The molecule has 0 atom stereocenters. The summed E-state index contributed by atoms with van der Waals surface area (Å²) in [7, 11) is 2.95. The third kappa shape index (κ3) is 3.80. The second-order valence-corrected chi connectivity index (χ2v) is 4.53. The highest BCUT2D eigenvalue weighted by atomic mass is 16.6. The van der Waals surface area contributed by atoms with Gasteiger partial charge >= 0.3 is 6.09 Å². The molecule has 6 heteroatoms. The van der Waals surface area contributed by atoms with E-state index in [4.69, 9.17) is 14.2 Å².